The van der Waals surface area contributed by atoms with Crippen molar-refractivity contribution in [1.82, 2.24) is 4.90 Å². The molecule has 1 aliphatic rings. The van der Waals surface area contributed by atoms with Crippen LogP contribution in [0.1, 0.15) is 12.8 Å². The molecule has 0 bridgehead atoms. The Balaban J connectivity index is 0.00000144. The number of amides is 2. The van der Waals surface area contributed by atoms with E-state index in [1.165, 1.54) is 4.90 Å². The van der Waals surface area contributed by atoms with Gasteiger partial charge in [-0.15, -0.1) is 12.4 Å². The number of carbonyl (C=O) groups excluding carboxylic acids is 1. The summed E-state index contributed by atoms with van der Waals surface area (Å²) in [5.41, 5.74) is 5.08. The molecule has 0 radical (unpaired) electrons. The fourth-order valence-electron chi connectivity index (χ4n) is 1.36. The molecule has 1 rings (SSSR count). The first kappa shape index (κ1) is 12.0. The fraction of sp³-hybridized carbons (Fsp3) is 0.714. The van der Waals surface area contributed by atoms with Gasteiger partial charge in [0.05, 0.1) is 0 Å². The van der Waals surface area contributed by atoms with Gasteiger partial charge in [-0.25, -0.2) is 4.79 Å². The van der Waals surface area contributed by atoms with E-state index in [0.29, 0.717) is 25.9 Å². The minimum Gasteiger partial charge on any atom is -0.465 e. The minimum atomic E-state index is -0.919. The molecule has 0 spiro atoms. The van der Waals surface area contributed by atoms with Crippen LogP contribution in [0, 0.1) is 5.92 Å². The van der Waals surface area contributed by atoms with Crippen LogP contribution in [0.4, 0.5) is 4.79 Å². The molecule has 76 valence electrons. The van der Waals surface area contributed by atoms with Gasteiger partial charge in [0.15, 0.2) is 0 Å². The monoisotopic (exact) mass is 208 g/mol. The predicted molar refractivity (Wildman–Crippen MR) is 48.8 cm³/mol. The second-order valence-corrected chi connectivity index (χ2v) is 2.95. The Hall–Kier alpha value is -0.970. The molecular weight excluding hydrogens is 196 g/mol. The largest absolute Gasteiger partial charge is 0.465 e. The van der Waals surface area contributed by atoms with Crippen molar-refractivity contribution in [3.8, 4) is 0 Å². The molecule has 0 aliphatic carbocycles. The van der Waals surface area contributed by atoms with Crippen LogP contribution < -0.4 is 5.73 Å². The maximum Gasteiger partial charge on any atom is 0.407 e. The number of halogens is 1. The molecule has 6 heteroatoms. The van der Waals surface area contributed by atoms with Gasteiger partial charge in [0.25, 0.3) is 0 Å². The third-order valence-electron chi connectivity index (χ3n) is 2.17. The van der Waals surface area contributed by atoms with Crippen LogP contribution in [0.3, 0.4) is 0 Å². The van der Waals surface area contributed by atoms with Gasteiger partial charge in [0.1, 0.15) is 0 Å². The minimum absolute atomic E-state index is 0. The van der Waals surface area contributed by atoms with Gasteiger partial charge in [-0.3, -0.25) is 4.79 Å². The van der Waals surface area contributed by atoms with Crippen molar-refractivity contribution in [1.29, 1.82) is 0 Å². The normalized spacial score (nSPS) is 17.7. The van der Waals surface area contributed by atoms with Crippen LogP contribution >= 0.6 is 12.4 Å². The SMILES string of the molecule is Cl.NC(=O)C1CCN(C(=O)O)CC1. The number of carboxylic acid groups (broad SMARTS) is 1. The number of nitrogens with zero attached hydrogens (tertiary/aromatic N) is 1. The zero-order chi connectivity index (χ0) is 9.14. The van der Waals surface area contributed by atoms with E-state index >= 15 is 0 Å². The highest BCUT2D eigenvalue weighted by molar-refractivity contribution is 5.85. The summed E-state index contributed by atoms with van der Waals surface area (Å²) in [7, 11) is 0. The van der Waals surface area contributed by atoms with Crippen LogP contribution in [0.2, 0.25) is 0 Å². The Labute approximate surface area is 82.3 Å². The van der Waals surface area contributed by atoms with E-state index in [2.05, 4.69) is 0 Å². The average Bonchev–Trinajstić information content (AvgIpc) is 2.04. The maximum atomic E-state index is 10.7. The Kier molecular flexibility index (Phi) is 4.55. The highest BCUT2D eigenvalue weighted by Crippen LogP contribution is 2.16. The van der Waals surface area contributed by atoms with E-state index in [4.69, 9.17) is 10.8 Å². The van der Waals surface area contributed by atoms with Crippen molar-refractivity contribution in [3.05, 3.63) is 0 Å². The van der Waals surface area contributed by atoms with Gasteiger partial charge in [0, 0.05) is 19.0 Å². The number of rotatable bonds is 1. The summed E-state index contributed by atoms with van der Waals surface area (Å²) in [4.78, 5) is 22.4. The molecule has 2 amide bonds. The quantitative estimate of drug-likeness (QED) is 0.650. The Bertz CT molecular complexity index is 180. The van der Waals surface area contributed by atoms with Gasteiger partial charge in [-0.2, -0.15) is 0 Å². The Morgan fingerprint density at radius 1 is 1.31 bits per heavy atom. The van der Waals surface area contributed by atoms with Crippen molar-refractivity contribution >= 4 is 24.4 Å². The molecule has 0 aromatic carbocycles. The predicted octanol–water partition coefficient (Wildman–Crippen LogP) is 0.283. The van der Waals surface area contributed by atoms with Crippen LogP contribution in [0.5, 0.6) is 0 Å². The number of hydrogen-bond acceptors (Lipinski definition) is 2. The van der Waals surface area contributed by atoms with E-state index in [0.717, 1.165) is 0 Å². The number of primary amides is 1. The van der Waals surface area contributed by atoms with E-state index in [1.807, 2.05) is 0 Å². The topological polar surface area (TPSA) is 83.6 Å². The third kappa shape index (κ3) is 3.10. The summed E-state index contributed by atoms with van der Waals surface area (Å²) in [6, 6.07) is 0. The van der Waals surface area contributed by atoms with Crippen molar-refractivity contribution in [3.63, 3.8) is 0 Å². The zero-order valence-corrected chi connectivity index (χ0v) is 7.92. The van der Waals surface area contributed by atoms with Crippen molar-refractivity contribution in [2.24, 2.45) is 11.7 Å². The van der Waals surface area contributed by atoms with Crippen LogP contribution in [-0.2, 0) is 4.79 Å². The molecule has 13 heavy (non-hydrogen) atoms. The maximum absolute atomic E-state index is 10.7. The average molecular weight is 209 g/mol. The first-order chi connectivity index (χ1) is 5.61. The van der Waals surface area contributed by atoms with Gasteiger partial charge < -0.3 is 15.7 Å². The first-order valence-corrected chi connectivity index (χ1v) is 3.88. The molecule has 3 N–H and O–H groups in total. The van der Waals surface area contributed by atoms with Crippen LogP contribution in [-0.4, -0.2) is 35.1 Å². The van der Waals surface area contributed by atoms with Crippen molar-refractivity contribution in [2.45, 2.75) is 12.8 Å². The fourth-order valence-corrected chi connectivity index (χ4v) is 1.36. The van der Waals surface area contributed by atoms with Crippen molar-refractivity contribution < 1.29 is 14.7 Å². The molecule has 1 aliphatic heterocycles. The number of piperidine rings is 1. The second-order valence-electron chi connectivity index (χ2n) is 2.95. The lowest BCUT2D eigenvalue weighted by atomic mass is 9.97. The number of hydrogen-bond donors (Lipinski definition) is 2. The number of carbonyl (C=O) groups is 2. The first-order valence-electron chi connectivity index (χ1n) is 3.88. The van der Waals surface area contributed by atoms with Crippen LogP contribution in [0.15, 0.2) is 0 Å². The second kappa shape index (κ2) is 4.91. The lowest BCUT2D eigenvalue weighted by Gasteiger charge is -2.27. The molecule has 0 atom stereocenters. The van der Waals surface area contributed by atoms with E-state index in [-0.39, 0.29) is 24.2 Å². The standard InChI is InChI=1S/C7H12N2O3.ClH/c8-6(10)5-1-3-9(4-2-5)7(11)12;/h5H,1-4H2,(H2,8,10)(H,11,12);1H. The smallest absolute Gasteiger partial charge is 0.407 e. The highest BCUT2D eigenvalue weighted by atomic mass is 35.5. The highest BCUT2D eigenvalue weighted by Gasteiger charge is 2.25. The van der Waals surface area contributed by atoms with E-state index in [9.17, 15) is 9.59 Å². The molecule has 0 aromatic rings. The zero-order valence-electron chi connectivity index (χ0n) is 7.10. The van der Waals surface area contributed by atoms with E-state index in [1.54, 1.807) is 0 Å². The molecule has 0 unspecified atom stereocenters. The third-order valence-corrected chi connectivity index (χ3v) is 2.17. The number of likely N-dealkylation sites (tertiary alicyclic amines) is 1. The summed E-state index contributed by atoms with van der Waals surface area (Å²) >= 11 is 0. The lowest BCUT2D eigenvalue weighted by Crippen LogP contribution is -2.40. The summed E-state index contributed by atoms with van der Waals surface area (Å²) in [6.45, 7) is 0.839. The van der Waals surface area contributed by atoms with Gasteiger partial charge in [0.2, 0.25) is 5.91 Å². The van der Waals surface area contributed by atoms with Gasteiger partial charge in [-0.05, 0) is 12.8 Å². The molecule has 1 heterocycles. The lowest BCUT2D eigenvalue weighted by molar-refractivity contribution is -0.123. The van der Waals surface area contributed by atoms with E-state index < -0.39 is 6.09 Å². The number of nitrogens with two attached hydrogens (primary N) is 1. The molecule has 1 fully saturated rings. The molecule has 1 saturated heterocycles. The Morgan fingerprint density at radius 2 is 1.77 bits per heavy atom. The Morgan fingerprint density at radius 3 is 2.08 bits per heavy atom. The van der Waals surface area contributed by atoms with Gasteiger partial charge in [-0.1, -0.05) is 0 Å². The molecule has 0 saturated carbocycles. The molecule has 0 aromatic heterocycles. The summed E-state index contributed by atoms with van der Waals surface area (Å²) in [6.07, 6.45) is 0.196. The van der Waals surface area contributed by atoms with Crippen molar-refractivity contribution in [2.75, 3.05) is 13.1 Å². The van der Waals surface area contributed by atoms with Crippen LogP contribution in [0.25, 0.3) is 0 Å². The summed E-state index contributed by atoms with van der Waals surface area (Å²) in [5.74, 6) is -0.458. The molecular formula is C7H13ClN2O3. The summed E-state index contributed by atoms with van der Waals surface area (Å²) < 4.78 is 0. The molecule has 5 nitrogen and oxygen atoms in total. The summed E-state index contributed by atoms with van der Waals surface area (Å²) in [5, 5.41) is 8.57. The van der Waals surface area contributed by atoms with Gasteiger partial charge >= 0.3 is 6.09 Å².